The fourth-order valence-corrected chi connectivity index (χ4v) is 2.41. The van der Waals surface area contributed by atoms with Crippen molar-refractivity contribution >= 4 is 22.9 Å². The number of fused-ring (bicyclic) bond motifs is 1. The van der Waals surface area contributed by atoms with Gasteiger partial charge in [-0.2, -0.15) is 0 Å². The van der Waals surface area contributed by atoms with Crippen molar-refractivity contribution in [2.24, 2.45) is 0 Å². The quantitative estimate of drug-likeness (QED) is 0.672. The summed E-state index contributed by atoms with van der Waals surface area (Å²) in [6.07, 6.45) is 4.80. The number of carbonyl (C=O) groups is 2. The SMILES string of the molecule is CCOC(=O)CNC(=O)c1c(O)ccc2nc(-c3ccncc3)cnc12. The highest BCUT2D eigenvalue weighted by atomic mass is 16.5. The van der Waals surface area contributed by atoms with Crippen molar-refractivity contribution in [2.75, 3.05) is 13.2 Å². The molecule has 2 N–H and O–H groups in total. The number of nitrogens with one attached hydrogen (secondary N) is 1. The van der Waals surface area contributed by atoms with Crippen molar-refractivity contribution in [1.82, 2.24) is 20.3 Å². The highest BCUT2D eigenvalue weighted by Gasteiger charge is 2.18. The molecule has 1 aromatic carbocycles. The molecule has 0 aliphatic carbocycles. The largest absolute Gasteiger partial charge is 0.507 e. The molecule has 26 heavy (non-hydrogen) atoms. The molecule has 3 rings (SSSR count). The third kappa shape index (κ3) is 3.59. The third-order valence-corrected chi connectivity index (χ3v) is 3.59. The molecule has 8 heteroatoms. The monoisotopic (exact) mass is 352 g/mol. The summed E-state index contributed by atoms with van der Waals surface area (Å²) in [5.41, 5.74) is 2.09. The van der Waals surface area contributed by atoms with Crippen LogP contribution in [0.3, 0.4) is 0 Å². The van der Waals surface area contributed by atoms with Crippen LogP contribution in [0.4, 0.5) is 0 Å². The Morgan fingerprint density at radius 1 is 1.19 bits per heavy atom. The summed E-state index contributed by atoms with van der Waals surface area (Å²) in [6.45, 7) is 1.59. The van der Waals surface area contributed by atoms with E-state index in [1.54, 1.807) is 37.5 Å². The predicted molar refractivity (Wildman–Crippen MR) is 93.4 cm³/mol. The molecular formula is C18H16N4O4. The zero-order valence-corrected chi connectivity index (χ0v) is 14.0. The summed E-state index contributed by atoms with van der Waals surface area (Å²) >= 11 is 0. The minimum absolute atomic E-state index is 0.0411. The van der Waals surface area contributed by atoms with Gasteiger partial charge in [-0.1, -0.05) is 0 Å². The molecule has 2 aromatic heterocycles. The van der Waals surface area contributed by atoms with Crippen molar-refractivity contribution in [1.29, 1.82) is 0 Å². The fourth-order valence-electron chi connectivity index (χ4n) is 2.41. The molecule has 1 amide bonds. The molecule has 0 saturated heterocycles. The smallest absolute Gasteiger partial charge is 0.325 e. The normalized spacial score (nSPS) is 10.5. The number of rotatable bonds is 5. The molecule has 0 spiro atoms. The molecule has 0 bridgehead atoms. The van der Waals surface area contributed by atoms with Crippen molar-refractivity contribution < 1.29 is 19.4 Å². The lowest BCUT2D eigenvalue weighted by Gasteiger charge is -2.10. The number of aromatic nitrogens is 3. The average Bonchev–Trinajstić information content (AvgIpc) is 2.66. The Kier molecular flexibility index (Phi) is 5.02. The Bertz CT molecular complexity index is 960. The lowest BCUT2D eigenvalue weighted by atomic mass is 10.1. The summed E-state index contributed by atoms with van der Waals surface area (Å²) in [4.78, 5) is 36.5. The van der Waals surface area contributed by atoms with Crippen molar-refractivity contribution in [3.05, 3.63) is 48.4 Å². The first-order chi connectivity index (χ1) is 12.6. The van der Waals surface area contributed by atoms with Crippen LogP contribution in [0.5, 0.6) is 5.75 Å². The minimum atomic E-state index is -0.632. The molecular weight excluding hydrogens is 336 g/mol. The number of hydrogen-bond acceptors (Lipinski definition) is 7. The lowest BCUT2D eigenvalue weighted by molar-refractivity contribution is -0.141. The van der Waals surface area contributed by atoms with E-state index in [0.717, 1.165) is 5.56 Å². The molecule has 8 nitrogen and oxygen atoms in total. The van der Waals surface area contributed by atoms with E-state index in [1.807, 2.05) is 0 Å². The van der Waals surface area contributed by atoms with Crippen LogP contribution in [-0.4, -0.2) is 45.1 Å². The van der Waals surface area contributed by atoms with Gasteiger partial charge in [0.1, 0.15) is 23.4 Å². The molecule has 132 valence electrons. The van der Waals surface area contributed by atoms with E-state index >= 15 is 0 Å². The number of pyridine rings is 1. The Balaban J connectivity index is 1.94. The highest BCUT2D eigenvalue weighted by Crippen LogP contribution is 2.26. The average molecular weight is 352 g/mol. The first-order valence-corrected chi connectivity index (χ1v) is 7.93. The van der Waals surface area contributed by atoms with Crippen LogP contribution >= 0.6 is 0 Å². The molecule has 0 saturated carbocycles. The maximum absolute atomic E-state index is 12.4. The van der Waals surface area contributed by atoms with E-state index in [4.69, 9.17) is 4.74 Å². The number of amides is 1. The van der Waals surface area contributed by atoms with Gasteiger partial charge in [-0.05, 0) is 31.2 Å². The first-order valence-electron chi connectivity index (χ1n) is 7.93. The topological polar surface area (TPSA) is 114 Å². The third-order valence-electron chi connectivity index (χ3n) is 3.59. The molecule has 0 aliphatic heterocycles. The Labute approximate surface area is 148 Å². The number of ether oxygens (including phenoxy) is 1. The van der Waals surface area contributed by atoms with Crippen LogP contribution < -0.4 is 5.32 Å². The second-order valence-corrected chi connectivity index (χ2v) is 5.31. The lowest BCUT2D eigenvalue weighted by Crippen LogP contribution is -2.31. The van der Waals surface area contributed by atoms with Gasteiger partial charge < -0.3 is 15.2 Å². The van der Waals surface area contributed by atoms with Gasteiger partial charge in [-0.3, -0.25) is 19.6 Å². The second kappa shape index (κ2) is 7.56. The molecule has 0 unspecified atom stereocenters. The van der Waals surface area contributed by atoms with Crippen LogP contribution in [0.25, 0.3) is 22.3 Å². The van der Waals surface area contributed by atoms with Crippen LogP contribution in [0.15, 0.2) is 42.9 Å². The fraction of sp³-hybridized carbons (Fsp3) is 0.167. The molecule has 0 atom stereocenters. The van der Waals surface area contributed by atoms with Gasteiger partial charge in [-0.15, -0.1) is 0 Å². The summed E-state index contributed by atoms with van der Waals surface area (Å²) in [5, 5.41) is 12.5. The molecule has 2 heterocycles. The van der Waals surface area contributed by atoms with Gasteiger partial charge in [0.25, 0.3) is 5.91 Å². The van der Waals surface area contributed by atoms with Gasteiger partial charge in [0.2, 0.25) is 0 Å². The van der Waals surface area contributed by atoms with E-state index < -0.39 is 11.9 Å². The molecule has 3 aromatic rings. The zero-order chi connectivity index (χ0) is 18.5. The van der Waals surface area contributed by atoms with Crippen LogP contribution in [0.2, 0.25) is 0 Å². The number of esters is 1. The number of aromatic hydroxyl groups is 1. The van der Waals surface area contributed by atoms with E-state index in [-0.39, 0.29) is 30.0 Å². The second-order valence-electron chi connectivity index (χ2n) is 5.31. The van der Waals surface area contributed by atoms with Crippen molar-refractivity contribution in [3.8, 4) is 17.0 Å². The number of benzene rings is 1. The van der Waals surface area contributed by atoms with Gasteiger partial charge in [0.15, 0.2) is 0 Å². The molecule has 0 aliphatic rings. The van der Waals surface area contributed by atoms with Crippen LogP contribution in [0, 0.1) is 0 Å². The van der Waals surface area contributed by atoms with Crippen molar-refractivity contribution in [2.45, 2.75) is 6.92 Å². The number of carbonyl (C=O) groups excluding carboxylic acids is 2. The first kappa shape index (κ1) is 17.3. The number of nitrogens with zero attached hydrogens (tertiary/aromatic N) is 3. The molecule has 0 radical (unpaired) electrons. The van der Waals surface area contributed by atoms with E-state index in [0.29, 0.717) is 11.2 Å². The number of phenols is 1. The minimum Gasteiger partial charge on any atom is -0.507 e. The summed E-state index contributed by atoms with van der Waals surface area (Å²) in [6, 6.07) is 6.53. The van der Waals surface area contributed by atoms with Crippen LogP contribution in [0.1, 0.15) is 17.3 Å². The Morgan fingerprint density at radius 2 is 1.96 bits per heavy atom. The predicted octanol–water partition coefficient (Wildman–Crippen LogP) is 1.69. The highest BCUT2D eigenvalue weighted by molar-refractivity contribution is 6.08. The zero-order valence-electron chi connectivity index (χ0n) is 14.0. The summed E-state index contributed by atoms with van der Waals surface area (Å²) in [7, 11) is 0. The van der Waals surface area contributed by atoms with E-state index in [9.17, 15) is 14.7 Å². The molecule has 0 fully saturated rings. The Morgan fingerprint density at radius 3 is 2.69 bits per heavy atom. The maximum atomic E-state index is 12.4. The van der Waals surface area contributed by atoms with E-state index in [2.05, 4.69) is 20.3 Å². The standard InChI is InChI=1S/C18H16N4O4/c1-2-26-15(24)10-21-18(25)16-14(23)4-3-12-17(16)20-9-13(22-12)11-5-7-19-8-6-11/h3-9,23H,2,10H2,1H3,(H,21,25). The van der Waals surface area contributed by atoms with E-state index in [1.165, 1.54) is 12.3 Å². The van der Waals surface area contributed by atoms with Gasteiger partial charge in [-0.25, -0.2) is 4.98 Å². The van der Waals surface area contributed by atoms with Gasteiger partial charge in [0.05, 0.1) is 24.0 Å². The summed E-state index contributed by atoms with van der Waals surface area (Å²) < 4.78 is 4.76. The van der Waals surface area contributed by atoms with Crippen LogP contribution in [-0.2, 0) is 9.53 Å². The Hall–Kier alpha value is -3.55. The number of phenolic OH excluding ortho intramolecular Hbond substituents is 1. The van der Waals surface area contributed by atoms with Crippen molar-refractivity contribution in [3.63, 3.8) is 0 Å². The summed E-state index contributed by atoms with van der Waals surface area (Å²) in [5.74, 6) is -1.44. The number of hydrogen-bond donors (Lipinski definition) is 2. The van der Waals surface area contributed by atoms with Gasteiger partial charge >= 0.3 is 5.97 Å². The maximum Gasteiger partial charge on any atom is 0.325 e. The van der Waals surface area contributed by atoms with Gasteiger partial charge in [0, 0.05) is 18.0 Å².